The summed E-state index contributed by atoms with van der Waals surface area (Å²) < 4.78 is 25.8. The topological polar surface area (TPSA) is 69.7 Å². The zero-order valence-electron chi connectivity index (χ0n) is 17.3. The van der Waals surface area contributed by atoms with Crippen molar-refractivity contribution < 1.29 is 13.2 Å². The summed E-state index contributed by atoms with van der Waals surface area (Å²) in [6.45, 7) is 15.3. The monoisotopic (exact) mass is 389 g/mol. The predicted octanol–water partition coefficient (Wildman–Crippen LogP) is 2.17. The van der Waals surface area contributed by atoms with E-state index in [9.17, 15) is 13.2 Å². The highest BCUT2D eigenvalue weighted by atomic mass is 32.2. The van der Waals surface area contributed by atoms with Crippen LogP contribution in [0.3, 0.4) is 0 Å². The van der Waals surface area contributed by atoms with Crippen LogP contribution in [0.2, 0.25) is 0 Å². The maximum Gasteiger partial charge on any atom is 0.223 e. The first-order valence-electron chi connectivity index (χ1n) is 10.1. The van der Waals surface area contributed by atoms with Crippen molar-refractivity contribution in [1.82, 2.24) is 14.5 Å². The molecule has 154 valence electrons. The van der Waals surface area contributed by atoms with Crippen LogP contribution < -0.4 is 5.32 Å². The molecule has 6 nitrogen and oxygen atoms in total. The van der Waals surface area contributed by atoms with E-state index in [0.717, 1.165) is 19.6 Å². The van der Waals surface area contributed by atoms with Gasteiger partial charge in [-0.2, -0.15) is 0 Å². The summed E-state index contributed by atoms with van der Waals surface area (Å²) in [5.74, 6) is 1.43. The van der Waals surface area contributed by atoms with Crippen molar-refractivity contribution in [2.45, 2.75) is 53.9 Å². The van der Waals surface area contributed by atoms with Gasteiger partial charge in [-0.1, -0.05) is 34.6 Å². The second kappa shape index (κ2) is 11.2. The van der Waals surface area contributed by atoms with Gasteiger partial charge >= 0.3 is 0 Å². The summed E-state index contributed by atoms with van der Waals surface area (Å²) in [7, 11) is -3.14. The fourth-order valence-corrected chi connectivity index (χ4v) is 5.10. The highest BCUT2D eigenvalue weighted by Crippen LogP contribution is 2.20. The molecule has 0 spiro atoms. The molecule has 0 radical (unpaired) electrons. The Balaban J connectivity index is 2.38. The predicted molar refractivity (Wildman–Crippen MR) is 108 cm³/mol. The van der Waals surface area contributed by atoms with Crippen LogP contribution in [-0.2, 0) is 14.8 Å². The molecular formula is C19H39N3O3S. The first-order valence-corrected chi connectivity index (χ1v) is 11.7. The minimum Gasteiger partial charge on any atom is -0.355 e. The molecule has 1 aliphatic heterocycles. The van der Waals surface area contributed by atoms with Gasteiger partial charge in [-0.3, -0.25) is 4.79 Å². The summed E-state index contributed by atoms with van der Waals surface area (Å²) in [5, 5.41) is 3.06. The standard InChI is InChI=1S/C19H39N3O3S/c1-6-13-26(24,25)22-10-7-18(8-11-22)19(23)20-9-12-21(14-16(2)3)15-17(4)5/h16-18H,6-15H2,1-5H3,(H,20,23). The lowest BCUT2D eigenvalue weighted by molar-refractivity contribution is -0.126. The van der Waals surface area contributed by atoms with Crippen molar-refractivity contribution in [2.75, 3.05) is 45.0 Å². The normalized spacial score (nSPS) is 17.4. The maximum absolute atomic E-state index is 12.4. The van der Waals surface area contributed by atoms with Gasteiger partial charge in [-0.25, -0.2) is 12.7 Å². The average Bonchev–Trinajstić information content (AvgIpc) is 2.53. The van der Waals surface area contributed by atoms with E-state index in [0.29, 0.717) is 50.7 Å². The zero-order chi connectivity index (χ0) is 19.7. The molecule has 0 bridgehead atoms. The van der Waals surface area contributed by atoms with Crippen molar-refractivity contribution in [2.24, 2.45) is 17.8 Å². The van der Waals surface area contributed by atoms with Crippen LogP contribution in [0.4, 0.5) is 0 Å². The summed E-state index contributed by atoms with van der Waals surface area (Å²) in [6.07, 6.45) is 1.87. The van der Waals surface area contributed by atoms with Gasteiger partial charge in [0.05, 0.1) is 5.75 Å². The van der Waals surface area contributed by atoms with E-state index in [1.807, 2.05) is 6.92 Å². The fourth-order valence-electron chi connectivity index (χ4n) is 3.55. The Morgan fingerprint density at radius 1 is 1.12 bits per heavy atom. The van der Waals surface area contributed by atoms with Crippen LogP contribution in [0.25, 0.3) is 0 Å². The smallest absolute Gasteiger partial charge is 0.223 e. The van der Waals surface area contributed by atoms with E-state index in [1.165, 1.54) is 0 Å². The van der Waals surface area contributed by atoms with Gasteiger partial charge < -0.3 is 10.2 Å². The number of nitrogens with zero attached hydrogens (tertiary/aromatic N) is 2. The number of hydrogen-bond donors (Lipinski definition) is 1. The molecule has 0 aromatic carbocycles. The first kappa shape index (κ1) is 23.4. The van der Waals surface area contributed by atoms with Crippen molar-refractivity contribution >= 4 is 15.9 Å². The molecule has 1 fully saturated rings. The van der Waals surface area contributed by atoms with Crippen LogP contribution in [0, 0.1) is 17.8 Å². The SMILES string of the molecule is CCCS(=O)(=O)N1CCC(C(=O)NCCN(CC(C)C)CC(C)C)CC1. The third-order valence-corrected chi connectivity index (χ3v) is 6.73. The van der Waals surface area contributed by atoms with Gasteiger partial charge in [0.25, 0.3) is 0 Å². The highest BCUT2D eigenvalue weighted by molar-refractivity contribution is 7.89. The number of amides is 1. The molecule has 0 aromatic heterocycles. The molecule has 0 unspecified atom stereocenters. The lowest BCUT2D eigenvalue weighted by Crippen LogP contribution is -2.45. The third-order valence-electron chi connectivity index (χ3n) is 4.65. The van der Waals surface area contributed by atoms with E-state index >= 15 is 0 Å². The number of carbonyl (C=O) groups excluding carboxylic acids is 1. The molecule has 0 aromatic rings. The van der Waals surface area contributed by atoms with Gasteiger partial charge in [0.15, 0.2) is 0 Å². The summed E-state index contributed by atoms with van der Waals surface area (Å²) in [6, 6.07) is 0. The van der Waals surface area contributed by atoms with Crippen LogP contribution in [0.5, 0.6) is 0 Å². The Bertz CT molecular complexity index is 502. The molecule has 7 heteroatoms. The Morgan fingerprint density at radius 2 is 1.65 bits per heavy atom. The molecule has 0 aliphatic carbocycles. The van der Waals surface area contributed by atoms with Gasteiger partial charge in [0.1, 0.15) is 0 Å². The van der Waals surface area contributed by atoms with Crippen molar-refractivity contribution in [3.8, 4) is 0 Å². The Hall–Kier alpha value is -0.660. The number of piperidine rings is 1. The summed E-state index contributed by atoms with van der Waals surface area (Å²) in [4.78, 5) is 14.8. The van der Waals surface area contributed by atoms with Gasteiger partial charge in [-0.15, -0.1) is 0 Å². The molecule has 0 saturated carbocycles. The maximum atomic E-state index is 12.4. The Labute approximate surface area is 160 Å². The Kier molecular flexibility index (Phi) is 10.1. The Morgan fingerprint density at radius 3 is 2.12 bits per heavy atom. The summed E-state index contributed by atoms with van der Waals surface area (Å²) in [5.41, 5.74) is 0. The second-order valence-corrected chi connectivity index (χ2v) is 10.4. The van der Waals surface area contributed by atoms with Crippen LogP contribution in [0.15, 0.2) is 0 Å². The van der Waals surface area contributed by atoms with Gasteiger partial charge in [-0.05, 0) is 31.1 Å². The number of sulfonamides is 1. The van der Waals surface area contributed by atoms with Crippen molar-refractivity contribution in [3.05, 3.63) is 0 Å². The molecule has 1 saturated heterocycles. The van der Waals surface area contributed by atoms with E-state index in [2.05, 4.69) is 37.9 Å². The van der Waals surface area contributed by atoms with Crippen LogP contribution in [0.1, 0.15) is 53.9 Å². The molecule has 1 amide bonds. The lowest BCUT2D eigenvalue weighted by Gasteiger charge is -2.31. The van der Waals surface area contributed by atoms with E-state index in [1.54, 1.807) is 4.31 Å². The van der Waals surface area contributed by atoms with E-state index in [4.69, 9.17) is 0 Å². The zero-order valence-corrected chi connectivity index (χ0v) is 18.1. The average molecular weight is 390 g/mol. The second-order valence-electron chi connectivity index (χ2n) is 8.33. The molecule has 1 aliphatic rings. The molecule has 1 rings (SSSR count). The number of rotatable bonds is 11. The minimum atomic E-state index is -3.14. The number of nitrogens with one attached hydrogen (secondary N) is 1. The highest BCUT2D eigenvalue weighted by Gasteiger charge is 2.30. The van der Waals surface area contributed by atoms with Crippen LogP contribution in [-0.4, -0.2) is 68.6 Å². The number of hydrogen-bond acceptors (Lipinski definition) is 4. The number of carbonyl (C=O) groups is 1. The molecule has 1 heterocycles. The van der Waals surface area contributed by atoms with Crippen molar-refractivity contribution in [3.63, 3.8) is 0 Å². The molecule has 0 atom stereocenters. The van der Waals surface area contributed by atoms with Crippen molar-refractivity contribution in [1.29, 1.82) is 0 Å². The summed E-state index contributed by atoms with van der Waals surface area (Å²) >= 11 is 0. The van der Waals surface area contributed by atoms with Gasteiger partial charge in [0, 0.05) is 45.2 Å². The molecular weight excluding hydrogens is 350 g/mol. The fraction of sp³-hybridized carbons (Fsp3) is 0.947. The largest absolute Gasteiger partial charge is 0.355 e. The molecule has 26 heavy (non-hydrogen) atoms. The minimum absolute atomic E-state index is 0.0632. The molecule has 1 N–H and O–H groups in total. The quantitative estimate of drug-likeness (QED) is 0.588. The third kappa shape index (κ3) is 8.35. The van der Waals surface area contributed by atoms with E-state index < -0.39 is 10.0 Å². The van der Waals surface area contributed by atoms with Crippen LogP contribution >= 0.6 is 0 Å². The first-order chi connectivity index (χ1) is 12.2. The van der Waals surface area contributed by atoms with Gasteiger partial charge in [0.2, 0.25) is 15.9 Å². The lowest BCUT2D eigenvalue weighted by atomic mass is 9.97. The van der Waals surface area contributed by atoms with E-state index in [-0.39, 0.29) is 17.6 Å².